The maximum absolute atomic E-state index is 12.7. The third-order valence-corrected chi connectivity index (χ3v) is 4.07. The molecule has 126 valence electrons. The molecule has 1 fully saturated rings. The Hall–Kier alpha value is -2.24. The molecule has 0 aliphatic carbocycles. The Morgan fingerprint density at radius 1 is 1.39 bits per heavy atom. The number of hydrogen-bond acceptors (Lipinski definition) is 3. The first-order chi connectivity index (χ1) is 11.0. The SMILES string of the molecule is CCCNC(=O)N1CCN(c2cc(C)ccc2OC)C(=O)C1C. The zero-order valence-corrected chi connectivity index (χ0v) is 14.3. The lowest BCUT2D eigenvalue weighted by molar-refractivity contribution is -0.124. The van der Waals surface area contributed by atoms with E-state index in [9.17, 15) is 9.59 Å². The second-order valence-electron chi connectivity index (χ2n) is 5.77. The van der Waals surface area contributed by atoms with Crippen LogP contribution >= 0.6 is 0 Å². The minimum absolute atomic E-state index is 0.0909. The lowest BCUT2D eigenvalue weighted by Gasteiger charge is -2.39. The Kier molecular flexibility index (Phi) is 5.47. The lowest BCUT2D eigenvalue weighted by Crippen LogP contribution is -2.59. The van der Waals surface area contributed by atoms with Crippen LogP contribution in [0.1, 0.15) is 25.8 Å². The van der Waals surface area contributed by atoms with Crippen LogP contribution in [0.25, 0.3) is 0 Å². The fourth-order valence-corrected chi connectivity index (χ4v) is 2.73. The van der Waals surface area contributed by atoms with Gasteiger partial charge in [-0.15, -0.1) is 0 Å². The highest BCUT2D eigenvalue weighted by Crippen LogP contribution is 2.31. The molecule has 0 saturated carbocycles. The number of carbonyl (C=O) groups excluding carboxylic acids is 2. The van der Waals surface area contributed by atoms with E-state index in [1.54, 1.807) is 23.8 Å². The number of hydrogen-bond donors (Lipinski definition) is 1. The normalized spacial score (nSPS) is 18.1. The molecule has 1 aromatic rings. The van der Waals surface area contributed by atoms with E-state index in [0.29, 0.717) is 25.4 Å². The van der Waals surface area contributed by atoms with Gasteiger partial charge in [0.2, 0.25) is 5.91 Å². The van der Waals surface area contributed by atoms with Gasteiger partial charge >= 0.3 is 6.03 Å². The van der Waals surface area contributed by atoms with Gasteiger partial charge in [0.1, 0.15) is 11.8 Å². The fraction of sp³-hybridized carbons (Fsp3) is 0.529. The molecule has 1 aliphatic heterocycles. The molecule has 1 N–H and O–H groups in total. The number of nitrogens with zero attached hydrogens (tertiary/aromatic N) is 2. The van der Waals surface area contributed by atoms with Crippen molar-refractivity contribution < 1.29 is 14.3 Å². The van der Waals surface area contributed by atoms with E-state index in [2.05, 4.69) is 5.32 Å². The van der Waals surface area contributed by atoms with Gasteiger partial charge in [-0.25, -0.2) is 4.79 Å². The Balaban J connectivity index is 2.19. The standard InChI is InChI=1S/C17H25N3O3/c1-5-8-18-17(22)19-9-10-20(16(21)13(19)3)14-11-12(2)6-7-15(14)23-4/h6-7,11,13H,5,8-10H2,1-4H3,(H,18,22). The lowest BCUT2D eigenvalue weighted by atomic mass is 10.1. The number of rotatable bonds is 4. The zero-order valence-electron chi connectivity index (χ0n) is 14.3. The highest BCUT2D eigenvalue weighted by atomic mass is 16.5. The van der Waals surface area contributed by atoms with Crippen LogP contribution in [0.5, 0.6) is 5.75 Å². The molecule has 0 bridgehead atoms. The van der Waals surface area contributed by atoms with E-state index in [0.717, 1.165) is 17.7 Å². The number of piperazine rings is 1. The number of urea groups is 1. The minimum Gasteiger partial charge on any atom is -0.495 e. The van der Waals surface area contributed by atoms with Crippen molar-refractivity contribution in [2.24, 2.45) is 0 Å². The monoisotopic (exact) mass is 319 g/mol. The summed E-state index contributed by atoms with van der Waals surface area (Å²) in [5.41, 5.74) is 1.82. The molecule has 0 aromatic heterocycles. The van der Waals surface area contributed by atoms with Crippen molar-refractivity contribution in [1.29, 1.82) is 0 Å². The van der Waals surface area contributed by atoms with Gasteiger partial charge in [0.05, 0.1) is 12.8 Å². The Morgan fingerprint density at radius 3 is 2.78 bits per heavy atom. The van der Waals surface area contributed by atoms with Crippen molar-refractivity contribution >= 4 is 17.6 Å². The molecule has 0 radical (unpaired) electrons. The van der Waals surface area contributed by atoms with Crippen LogP contribution in [0.4, 0.5) is 10.5 Å². The quantitative estimate of drug-likeness (QED) is 0.925. The molecule has 23 heavy (non-hydrogen) atoms. The van der Waals surface area contributed by atoms with Crippen LogP contribution in [0.2, 0.25) is 0 Å². The van der Waals surface area contributed by atoms with Crippen molar-refractivity contribution in [2.75, 3.05) is 31.6 Å². The second-order valence-corrected chi connectivity index (χ2v) is 5.77. The number of aryl methyl sites for hydroxylation is 1. The van der Waals surface area contributed by atoms with Crippen molar-refractivity contribution in [3.05, 3.63) is 23.8 Å². The predicted molar refractivity (Wildman–Crippen MR) is 89.9 cm³/mol. The average molecular weight is 319 g/mol. The van der Waals surface area contributed by atoms with Gasteiger partial charge in [-0.2, -0.15) is 0 Å². The van der Waals surface area contributed by atoms with Crippen LogP contribution in [0.3, 0.4) is 0 Å². The van der Waals surface area contributed by atoms with Crippen LogP contribution < -0.4 is 15.0 Å². The molecule has 1 unspecified atom stereocenters. The van der Waals surface area contributed by atoms with Gasteiger partial charge in [0.25, 0.3) is 0 Å². The largest absolute Gasteiger partial charge is 0.495 e. The number of anilines is 1. The summed E-state index contributed by atoms with van der Waals surface area (Å²) >= 11 is 0. The Morgan fingerprint density at radius 2 is 2.13 bits per heavy atom. The maximum atomic E-state index is 12.7. The highest BCUT2D eigenvalue weighted by Gasteiger charge is 2.35. The van der Waals surface area contributed by atoms with E-state index in [1.165, 1.54) is 0 Å². The first-order valence-corrected chi connectivity index (χ1v) is 8.00. The van der Waals surface area contributed by atoms with E-state index in [1.807, 2.05) is 32.0 Å². The number of carbonyl (C=O) groups is 2. The van der Waals surface area contributed by atoms with Crippen molar-refractivity contribution in [1.82, 2.24) is 10.2 Å². The smallest absolute Gasteiger partial charge is 0.318 e. The number of amides is 3. The first kappa shape index (κ1) is 17.1. The molecule has 1 atom stereocenters. The summed E-state index contributed by atoms with van der Waals surface area (Å²) in [5.74, 6) is 0.576. The molecular formula is C17H25N3O3. The van der Waals surface area contributed by atoms with Gasteiger partial charge in [0, 0.05) is 19.6 Å². The third-order valence-electron chi connectivity index (χ3n) is 4.07. The van der Waals surface area contributed by atoms with E-state index in [4.69, 9.17) is 4.74 Å². The van der Waals surface area contributed by atoms with E-state index < -0.39 is 6.04 Å². The third kappa shape index (κ3) is 3.57. The molecular weight excluding hydrogens is 294 g/mol. The average Bonchev–Trinajstić information content (AvgIpc) is 2.55. The van der Waals surface area contributed by atoms with Crippen LogP contribution in [0, 0.1) is 6.92 Å². The van der Waals surface area contributed by atoms with Gasteiger partial charge in [-0.1, -0.05) is 13.0 Å². The highest BCUT2D eigenvalue weighted by molar-refractivity contribution is 6.01. The van der Waals surface area contributed by atoms with Gasteiger partial charge in [-0.3, -0.25) is 4.79 Å². The van der Waals surface area contributed by atoms with Crippen LogP contribution in [-0.2, 0) is 4.79 Å². The first-order valence-electron chi connectivity index (χ1n) is 8.00. The van der Waals surface area contributed by atoms with Gasteiger partial charge < -0.3 is 19.9 Å². The summed E-state index contributed by atoms with van der Waals surface area (Å²) in [6.45, 7) is 7.32. The van der Waals surface area contributed by atoms with Crippen molar-refractivity contribution in [3.63, 3.8) is 0 Å². The predicted octanol–water partition coefficient (Wildman–Crippen LogP) is 2.16. The Labute approximate surface area is 137 Å². The summed E-state index contributed by atoms with van der Waals surface area (Å²) in [5, 5.41) is 2.83. The molecule has 2 rings (SSSR count). The second kappa shape index (κ2) is 7.35. The van der Waals surface area contributed by atoms with Crippen molar-refractivity contribution in [3.8, 4) is 5.75 Å². The van der Waals surface area contributed by atoms with Crippen LogP contribution in [0.15, 0.2) is 18.2 Å². The zero-order chi connectivity index (χ0) is 17.0. The maximum Gasteiger partial charge on any atom is 0.318 e. The summed E-state index contributed by atoms with van der Waals surface area (Å²) < 4.78 is 5.38. The molecule has 3 amide bonds. The molecule has 1 heterocycles. The molecule has 6 nitrogen and oxygen atoms in total. The van der Waals surface area contributed by atoms with E-state index >= 15 is 0 Å². The number of nitrogens with one attached hydrogen (secondary N) is 1. The van der Waals surface area contributed by atoms with Gasteiger partial charge in [0.15, 0.2) is 0 Å². The topological polar surface area (TPSA) is 61.9 Å². The number of methoxy groups -OCH3 is 1. The summed E-state index contributed by atoms with van der Waals surface area (Å²) in [4.78, 5) is 28.2. The summed E-state index contributed by atoms with van der Waals surface area (Å²) in [6, 6.07) is 5.08. The molecule has 0 spiro atoms. The Bertz CT molecular complexity index is 588. The van der Waals surface area contributed by atoms with Crippen LogP contribution in [-0.4, -0.2) is 49.6 Å². The summed E-state index contributed by atoms with van der Waals surface area (Å²) in [7, 11) is 1.59. The number of benzene rings is 1. The minimum atomic E-state index is -0.495. The molecule has 1 saturated heterocycles. The molecule has 1 aliphatic rings. The summed E-state index contributed by atoms with van der Waals surface area (Å²) in [6.07, 6.45) is 0.870. The fourth-order valence-electron chi connectivity index (χ4n) is 2.73. The van der Waals surface area contributed by atoms with Crippen molar-refractivity contribution in [2.45, 2.75) is 33.2 Å². The van der Waals surface area contributed by atoms with E-state index in [-0.39, 0.29) is 11.9 Å². The number of ether oxygens (including phenoxy) is 1. The van der Waals surface area contributed by atoms with Gasteiger partial charge in [-0.05, 0) is 38.0 Å². The molecule has 6 heteroatoms. The molecule has 1 aromatic carbocycles.